The van der Waals surface area contributed by atoms with E-state index in [0.717, 1.165) is 30.7 Å². The molecule has 154 valence electrons. The van der Waals surface area contributed by atoms with Gasteiger partial charge >= 0.3 is 0 Å². The van der Waals surface area contributed by atoms with Gasteiger partial charge in [0.15, 0.2) is 0 Å². The van der Waals surface area contributed by atoms with Crippen molar-refractivity contribution in [1.29, 1.82) is 0 Å². The molecule has 0 saturated carbocycles. The highest BCUT2D eigenvalue weighted by molar-refractivity contribution is 5.78. The average molecular weight is 392 g/mol. The molecule has 0 atom stereocenters. The summed E-state index contributed by atoms with van der Waals surface area (Å²) in [6, 6.07) is 10.6. The molecule has 3 aromatic rings. The van der Waals surface area contributed by atoms with E-state index in [0.29, 0.717) is 6.54 Å². The third-order valence-electron chi connectivity index (χ3n) is 5.97. The van der Waals surface area contributed by atoms with Gasteiger partial charge in [-0.05, 0) is 74.1 Å². The van der Waals surface area contributed by atoms with E-state index in [1.165, 1.54) is 33.3 Å². The van der Waals surface area contributed by atoms with E-state index in [4.69, 9.17) is 4.98 Å². The number of amides is 1. The van der Waals surface area contributed by atoms with E-state index in [2.05, 4.69) is 61.8 Å². The van der Waals surface area contributed by atoms with E-state index in [9.17, 15) is 4.79 Å². The van der Waals surface area contributed by atoms with E-state index >= 15 is 0 Å². The van der Waals surface area contributed by atoms with Crippen molar-refractivity contribution in [3.8, 4) is 0 Å². The van der Waals surface area contributed by atoms with Crippen LogP contribution in [0.5, 0.6) is 0 Å². The lowest BCUT2D eigenvalue weighted by Gasteiger charge is -2.18. The monoisotopic (exact) mass is 391 g/mol. The van der Waals surface area contributed by atoms with Crippen LogP contribution in [-0.2, 0) is 17.8 Å². The summed E-state index contributed by atoms with van der Waals surface area (Å²) in [6.07, 6.45) is 1.72. The van der Waals surface area contributed by atoms with Crippen LogP contribution in [0.1, 0.15) is 53.9 Å². The molecule has 0 radical (unpaired) electrons. The number of fused-ring (bicyclic) bond motifs is 1. The molecule has 0 aliphatic rings. The topological polar surface area (TPSA) is 46.9 Å². The minimum atomic E-state index is 0.0232. The van der Waals surface area contributed by atoms with Gasteiger partial charge in [-0.3, -0.25) is 4.79 Å². The van der Waals surface area contributed by atoms with Gasteiger partial charge in [-0.1, -0.05) is 32.0 Å². The molecule has 3 rings (SSSR count). The van der Waals surface area contributed by atoms with E-state index in [1.54, 1.807) is 0 Å². The molecule has 1 amide bonds. The van der Waals surface area contributed by atoms with Crippen molar-refractivity contribution in [3.63, 3.8) is 0 Å². The minimum Gasteiger partial charge on any atom is -0.356 e. The fourth-order valence-electron chi connectivity index (χ4n) is 3.85. The average Bonchev–Trinajstić information content (AvgIpc) is 3.04. The number of carbonyl (C=O) groups is 1. The van der Waals surface area contributed by atoms with E-state index in [1.807, 2.05) is 19.9 Å². The quantitative estimate of drug-likeness (QED) is 0.575. The number of nitrogens with zero attached hydrogens (tertiary/aromatic N) is 2. The first-order chi connectivity index (χ1) is 13.8. The Labute approximate surface area is 174 Å². The Kier molecular flexibility index (Phi) is 6.41. The predicted octanol–water partition coefficient (Wildman–Crippen LogP) is 5.02. The zero-order chi connectivity index (χ0) is 21.1. The van der Waals surface area contributed by atoms with Crippen molar-refractivity contribution in [2.45, 2.75) is 60.9 Å². The molecular formula is C25H33N3O. The number of hydrogen-bond acceptors (Lipinski definition) is 2. The van der Waals surface area contributed by atoms with Crippen LogP contribution in [0.3, 0.4) is 0 Å². The molecule has 1 aromatic heterocycles. The first-order valence-corrected chi connectivity index (χ1v) is 10.6. The molecule has 1 heterocycles. The van der Waals surface area contributed by atoms with Crippen LogP contribution in [0.25, 0.3) is 11.0 Å². The summed E-state index contributed by atoms with van der Waals surface area (Å²) in [5.41, 5.74) is 9.00. The Morgan fingerprint density at radius 3 is 2.38 bits per heavy atom. The van der Waals surface area contributed by atoms with Crippen molar-refractivity contribution < 1.29 is 4.79 Å². The lowest BCUT2D eigenvalue weighted by atomic mass is 9.94. The molecule has 0 bridgehead atoms. The number of rotatable bonds is 7. The maximum atomic E-state index is 11.8. The first kappa shape index (κ1) is 21.1. The number of hydrogen-bond donors (Lipinski definition) is 1. The van der Waals surface area contributed by atoms with Gasteiger partial charge in [0.2, 0.25) is 5.91 Å². The highest BCUT2D eigenvalue weighted by Crippen LogP contribution is 2.25. The molecular weight excluding hydrogens is 358 g/mol. The normalized spacial score (nSPS) is 11.4. The maximum Gasteiger partial charge on any atom is 0.222 e. The summed E-state index contributed by atoms with van der Waals surface area (Å²) in [6.45, 7) is 14.2. The van der Waals surface area contributed by atoms with Gasteiger partial charge < -0.3 is 9.88 Å². The fourth-order valence-corrected chi connectivity index (χ4v) is 3.85. The van der Waals surface area contributed by atoms with Crippen molar-refractivity contribution >= 4 is 16.9 Å². The number of aryl methyl sites for hydroxylation is 3. The summed E-state index contributed by atoms with van der Waals surface area (Å²) in [7, 11) is 0. The zero-order valence-electron chi connectivity index (χ0n) is 18.6. The molecule has 0 fully saturated rings. The molecule has 0 aliphatic carbocycles. The molecule has 4 heteroatoms. The third kappa shape index (κ3) is 4.52. The van der Waals surface area contributed by atoms with Crippen molar-refractivity contribution in [2.75, 3.05) is 6.54 Å². The zero-order valence-corrected chi connectivity index (χ0v) is 18.6. The number of para-hydroxylation sites is 2. The molecule has 0 spiro atoms. The van der Waals surface area contributed by atoms with Crippen LogP contribution < -0.4 is 5.32 Å². The highest BCUT2D eigenvalue weighted by atomic mass is 16.1. The molecule has 0 aliphatic heterocycles. The Bertz CT molecular complexity index is 1000. The second-order valence-electron chi connectivity index (χ2n) is 8.39. The third-order valence-corrected chi connectivity index (χ3v) is 5.97. The van der Waals surface area contributed by atoms with Crippen LogP contribution in [0.4, 0.5) is 0 Å². The van der Waals surface area contributed by atoms with Gasteiger partial charge in [0.05, 0.1) is 11.0 Å². The van der Waals surface area contributed by atoms with Gasteiger partial charge in [0, 0.05) is 25.4 Å². The summed E-state index contributed by atoms with van der Waals surface area (Å²) in [5.74, 6) is 1.22. The SMILES string of the molecule is Cc1cc(C)c(C)c(Cn2c(CCCNC(=O)C(C)C)nc3ccccc32)c1C. The van der Waals surface area contributed by atoms with Crippen molar-refractivity contribution in [2.24, 2.45) is 5.92 Å². The second-order valence-corrected chi connectivity index (χ2v) is 8.39. The standard InChI is InChI=1S/C25H33N3O/c1-16(2)25(29)26-13-9-12-24-27-22-10-7-8-11-23(22)28(24)15-21-19(5)17(3)14-18(4)20(21)6/h7-8,10-11,14,16H,9,12-13,15H2,1-6H3,(H,26,29). The van der Waals surface area contributed by atoms with Crippen molar-refractivity contribution in [1.82, 2.24) is 14.9 Å². The minimum absolute atomic E-state index is 0.0232. The maximum absolute atomic E-state index is 11.8. The van der Waals surface area contributed by atoms with Crippen molar-refractivity contribution in [3.05, 3.63) is 64.0 Å². The highest BCUT2D eigenvalue weighted by Gasteiger charge is 2.15. The number of carbonyl (C=O) groups excluding carboxylic acids is 1. The first-order valence-electron chi connectivity index (χ1n) is 10.6. The van der Waals surface area contributed by atoms with Gasteiger partial charge in [0.25, 0.3) is 0 Å². The van der Waals surface area contributed by atoms with Crippen LogP contribution in [-0.4, -0.2) is 22.0 Å². The predicted molar refractivity (Wildman–Crippen MR) is 120 cm³/mol. The van der Waals surface area contributed by atoms with E-state index < -0.39 is 0 Å². The smallest absolute Gasteiger partial charge is 0.222 e. The summed E-state index contributed by atoms with van der Waals surface area (Å²) < 4.78 is 2.35. The summed E-state index contributed by atoms with van der Waals surface area (Å²) >= 11 is 0. The number of nitrogens with one attached hydrogen (secondary N) is 1. The van der Waals surface area contributed by atoms with Crippen LogP contribution in [0, 0.1) is 33.6 Å². The van der Waals surface area contributed by atoms with Gasteiger partial charge in [-0.2, -0.15) is 0 Å². The Balaban J connectivity index is 1.89. The van der Waals surface area contributed by atoms with Gasteiger partial charge in [-0.25, -0.2) is 4.98 Å². The van der Waals surface area contributed by atoms with Crippen LogP contribution in [0.15, 0.2) is 30.3 Å². The Morgan fingerprint density at radius 2 is 1.72 bits per heavy atom. The molecule has 1 N–H and O–H groups in total. The molecule has 4 nitrogen and oxygen atoms in total. The van der Waals surface area contributed by atoms with Gasteiger partial charge in [0.1, 0.15) is 5.82 Å². The fraction of sp³-hybridized carbons (Fsp3) is 0.440. The van der Waals surface area contributed by atoms with Crippen LogP contribution in [0.2, 0.25) is 0 Å². The largest absolute Gasteiger partial charge is 0.356 e. The molecule has 0 saturated heterocycles. The number of benzene rings is 2. The number of aromatic nitrogens is 2. The lowest BCUT2D eigenvalue weighted by molar-refractivity contribution is -0.123. The summed E-state index contributed by atoms with van der Waals surface area (Å²) in [5, 5.41) is 3.01. The Hall–Kier alpha value is -2.62. The van der Waals surface area contributed by atoms with Gasteiger partial charge in [-0.15, -0.1) is 0 Å². The molecule has 29 heavy (non-hydrogen) atoms. The van der Waals surface area contributed by atoms with E-state index in [-0.39, 0.29) is 11.8 Å². The molecule has 2 aromatic carbocycles. The van der Waals surface area contributed by atoms with Crippen LogP contribution >= 0.6 is 0 Å². The summed E-state index contributed by atoms with van der Waals surface area (Å²) in [4.78, 5) is 16.7. The second kappa shape index (κ2) is 8.81. The molecule has 0 unspecified atom stereocenters. The Morgan fingerprint density at radius 1 is 1.07 bits per heavy atom. The number of imidazole rings is 1. The lowest BCUT2D eigenvalue weighted by Crippen LogP contribution is -2.28.